The number of thioether (sulfide) groups is 1. The summed E-state index contributed by atoms with van der Waals surface area (Å²) in [6.07, 6.45) is -3.48. The monoisotopic (exact) mass is 257 g/mol. The van der Waals surface area contributed by atoms with Crippen molar-refractivity contribution in [3.8, 4) is 0 Å². The van der Waals surface area contributed by atoms with Gasteiger partial charge in [0.05, 0.1) is 0 Å². The Balaban J connectivity index is 3.88. The molecule has 0 rings (SSSR count). The number of hydrogen-bond acceptors (Lipinski definition) is 2. The van der Waals surface area contributed by atoms with Crippen molar-refractivity contribution in [2.45, 2.75) is 57.5 Å². The van der Waals surface area contributed by atoms with Crippen LogP contribution in [0.4, 0.5) is 13.2 Å². The predicted molar refractivity (Wildman–Crippen MR) is 65.0 cm³/mol. The second-order valence-corrected chi connectivity index (χ2v) is 5.43. The maximum absolute atomic E-state index is 12.1. The van der Waals surface area contributed by atoms with Crippen LogP contribution < -0.4 is 5.32 Å². The van der Waals surface area contributed by atoms with Gasteiger partial charge in [-0.05, 0) is 19.4 Å². The van der Waals surface area contributed by atoms with E-state index in [0.717, 1.165) is 18.7 Å². The smallest absolute Gasteiger partial charge is 0.313 e. The summed E-state index contributed by atoms with van der Waals surface area (Å²) in [6.45, 7) is 6.85. The summed E-state index contributed by atoms with van der Waals surface area (Å²) in [5.74, 6) is 0.763. The van der Waals surface area contributed by atoms with Gasteiger partial charge in [-0.25, -0.2) is 0 Å². The molecule has 0 aromatic heterocycles. The Morgan fingerprint density at radius 2 is 1.88 bits per heavy atom. The van der Waals surface area contributed by atoms with Gasteiger partial charge in [0.1, 0.15) is 0 Å². The molecule has 0 aliphatic heterocycles. The number of hydrogen-bond donors (Lipinski definition) is 1. The molecule has 0 fully saturated rings. The Labute approximate surface area is 101 Å². The summed E-state index contributed by atoms with van der Waals surface area (Å²) >= 11 is 1.75. The van der Waals surface area contributed by atoms with E-state index < -0.39 is 12.6 Å². The third kappa shape index (κ3) is 9.33. The molecule has 0 radical (unpaired) electrons. The van der Waals surface area contributed by atoms with Crippen LogP contribution in [0.1, 0.15) is 40.0 Å². The van der Waals surface area contributed by atoms with Gasteiger partial charge in [0, 0.05) is 23.5 Å². The van der Waals surface area contributed by atoms with Gasteiger partial charge in [-0.1, -0.05) is 20.8 Å². The van der Waals surface area contributed by atoms with E-state index in [9.17, 15) is 13.2 Å². The van der Waals surface area contributed by atoms with E-state index in [1.165, 1.54) is 0 Å². The summed E-state index contributed by atoms with van der Waals surface area (Å²) in [6, 6.07) is -0.0226. The molecule has 0 saturated heterocycles. The first kappa shape index (κ1) is 16.1. The first-order chi connectivity index (χ1) is 7.39. The van der Waals surface area contributed by atoms with E-state index in [2.05, 4.69) is 19.2 Å². The molecule has 0 spiro atoms. The Morgan fingerprint density at radius 3 is 2.31 bits per heavy atom. The molecule has 0 amide bonds. The van der Waals surface area contributed by atoms with Crippen molar-refractivity contribution in [1.82, 2.24) is 5.32 Å². The Hall–Kier alpha value is 0.100. The van der Waals surface area contributed by atoms with Crippen molar-refractivity contribution in [2.75, 3.05) is 12.3 Å². The molecule has 5 heteroatoms. The van der Waals surface area contributed by atoms with Crippen LogP contribution in [0.25, 0.3) is 0 Å². The number of nitrogens with one attached hydrogen (secondary N) is 1. The fraction of sp³-hybridized carbons (Fsp3) is 1.00. The van der Waals surface area contributed by atoms with Crippen molar-refractivity contribution in [2.24, 2.45) is 0 Å². The number of rotatable bonds is 8. The summed E-state index contributed by atoms with van der Waals surface area (Å²) in [5, 5.41) is 3.63. The minimum atomic E-state index is -4.03. The van der Waals surface area contributed by atoms with Crippen molar-refractivity contribution in [3.05, 3.63) is 0 Å². The first-order valence-electron chi connectivity index (χ1n) is 5.80. The Morgan fingerprint density at radius 1 is 1.25 bits per heavy atom. The SMILES string of the molecule is CCNC(CCC(F)(F)F)CSC(C)CC. The molecule has 0 aromatic carbocycles. The van der Waals surface area contributed by atoms with E-state index in [1.54, 1.807) is 11.8 Å². The van der Waals surface area contributed by atoms with E-state index in [4.69, 9.17) is 0 Å². The quantitative estimate of drug-likeness (QED) is 0.709. The van der Waals surface area contributed by atoms with Gasteiger partial charge in [0.15, 0.2) is 0 Å². The molecule has 1 nitrogen and oxygen atoms in total. The zero-order valence-corrected chi connectivity index (χ0v) is 11.0. The minimum Gasteiger partial charge on any atom is -0.313 e. The molecule has 0 saturated carbocycles. The van der Waals surface area contributed by atoms with Gasteiger partial charge in [0.2, 0.25) is 0 Å². The molecule has 2 unspecified atom stereocenters. The molecule has 16 heavy (non-hydrogen) atoms. The highest BCUT2D eigenvalue weighted by molar-refractivity contribution is 7.99. The van der Waals surface area contributed by atoms with Gasteiger partial charge >= 0.3 is 6.18 Å². The van der Waals surface area contributed by atoms with Crippen LogP contribution in [-0.2, 0) is 0 Å². The summed E-state index contributed by atoms with van der Waals surface area (Å²) in [4.78, 5) is 0. The van der Waals surface area contributed by atoms with Crippen LogP contribution in [0.15, 0.2) is 0 Å². The van der Waals surface area contributed by atoms with Crippen LogP contribution in [0, 0.1) is 0 Å². The highest BCUT2D eigenvalue weighted by atomic mass is 32.2. The average Bonchev–Trinajstić information content (AvgIpc) is 2.20. The molecule has 98 valence electrons. The molecule has 0 bridgehead atoms. The summed E-state index contributed by atoms with van der Waals surface area (Å²) in [5.41, 5.74) is 0. The summed E-state index contributed by atoms with van der Waals surface area (Å²) in [7, 11) is 0. The Kier molecular flexibility index (Phi) is 8.28. The van der Waals surface area contributed by atoms with Crippen molar-refractivity contribution >= 4 is 11.8 Å². The van der Waals surface area contributed by atoms with Gasteiger partial charge < -0.3 is 5.32 Å². The average molecular weight is 257 g/mol. The molecular weight excluding hydrogens is 235 g/mol. The molecule has 2 atom stereocenters. The van der Waals surface area contributed by atoms with Crippen molar-refractivity contribution < 1.29 is 13.2 Å². The zero-order valence-electron chi connectivity index (χ0n) is 10.2. The molecule has 0 aliphatic carbocycles. The second kappa shape index (κ2) is 8.23. The van der Waals surface area contributed by atoms with Crippen LogP contribution in [-0.4, -0.2) is 29.8 Å². The second-order valence-electron chi connectivity index (χ2n) is 3.96. The molecule has 0 heterocycles. The van der Waals surface area contributed by atoms with Crippen LogP contribution in [0.2, 0.25) is 0 Å². The van der Waals surface area contributed by atoms with Crippen LogP contribution >= 0.6 is 11.8 Å². The van der Waals surface area contributed by atoms with Gasteiger partial charge in [0.25, 0.3) is 0 Å². The Bertz CT molecular complexity index is 173. The third-order valence-electron chi connectivity index (χ3n) is 2.43. The number of halogens is 3. The highest BCUT2D eigenvalue weighted by Gasteiger charge is 2.28. The normalized spacial score (nSPS) is 16.1. The fourth-order valence-electron chi connectivity index (χ4n) is 1.27. The molecular formula is C11H22F3NS. The van der Waals surface area contributed by atoms with Gasteiger partial charge in [-0.15, -0.1) is 0 Å². The lowest BCUT2D eigenvalue weighted by Crippen LogP contribution is -2.33. The zero-order chi connectivity index (χ0) is 12.6. The van der Waals surface area contributed by atoms with E-state index >= 15 is 0 Å². The molecule has 0 aliphatic rings. The highest BCUT2D eigenvalue weighted by Crippen LogP contribution is 2.24. The largest absolute Gasteiger partial charge is 0.389 e. The standard InChI is InChI=1S/C11H22F3NS/c1-4-9(3)16-8-10(15-5-2)6-7-11(12,13)14/h9-10,15H,4-8H2,1-3H3. The van der Waals surface area contributed by atoms with Crippen LogP contribution in [0.5, 0.6) is 0 Å². The first-order valence-corrected chi connectivity index (χ1v) is 6.85. The van der Waals surface area contributed by atoms with Gasteiger partial charge in [-0.3, -0.25) is 0 Å². The van der Waals surface area contributed by atoms with E-state index in [0.29, 0.717) is 5.25 Å². The third-order valence-corrected chi connectivity index (χ3v) is 3.92. The lowest BCUT2D eigenvalue weighted by atomic mass is 10.2. The molecule has 0 aromatic rings. The van der Waals surface area contributed by atoms with E-state index in [1.807, 2.05) is 6.92 Å². The van der Waals surface area contributed by atoms with Crippen LogP contribution in [0.3, 0.4) is 0 Å². The predicted octanol–water partition coefficient (Wildman–Crippen LogP) is 3.84. The lowest BCUT2D eigenvalue weighted by molar-refractivity contribution is -0.136. The maximum atomic E-state index is 12.1. The fourth-order valence-corrected chi connectivity index (χ4v) is 2.35. The van der Waals surface area contributed by atoms with Gasteiger partial charge in [-0.2, -0.15) is 24.9 Å². The number of alkyl halides is 3. The lowest BCUT2D eigenvalue weighted by Gasteiger charge is -2.20. The topological polar surface area (TPSA) is 12.0 Å². The van der Waals surface area contributed by atoms with Crippen molar-refractivity contribution in [1.29, 1.82) is 0 Å². The van der Waals surface area contributed by atoms with E-state index in [-0.39, 0.29) is 12.5 Å². The summed E-state index contributed by atoms with van der Waals surface area (Å²) < 4.78 is 36.3. The molecule has 1 N–H and O–H groups in total. The van der Waals surface area contributed by atoms with Crippen molar-refractivity contribution in [3.63, 3.8) is 0 Å². The maximum Gasteiger partial charge on any atom is 0.389 e. The minimum absolute atomic E-state index is 0.0226.